The Labute approximate surface area is 122 Å². The van der Waals surface area contributed by atoms with Gasteiger partial charge in [-0.05, 0) is 26.7 Å². The fourth-order valence-electron chi connectivity index (χ4n) is 0.644. The second kappa shape index (κ2) is 7.32. The minimum absolute atomic E-state index is 0. The van der Waals surface area contributed by atoms with Crippen LogP contribution in [0.25, 0.3) is 0 Å². The smallest absolute Gasteiger partial charge is 0.861 e. The molecule has 0 aromatic heterocycles. The zero-order valence-electron chi connectivity index (χ0n) is 10.3. The molecule has 0 aromatic carbocycles. The first kappa shape index (κ1) is 19.2. The van der Waals surface area contributed by atoms with Crippen molar-refractivity contribution in [2.75, 3.05) is 13.2 Å². The molecule has 0 aromatic rings. The molecule has 0 aliphatic rings. The molecule has 0 saturated heterocycles. The van der Waals surface area contributed by atoms with Crippen molar-refractivity contribution in [3.63, 3.8) is 0 Å². The number of esters is 1. The van der Waals surface area contributed by atoms with Gasteiger partial charge in [0.1, 0.15) is 11.3 Å². The molecule has 0 fully saturated rings. The van der Waals surface area contributed by atoms with Gasteiger partial charge < -0.3 is 9.84 Å². The van der Waals surface area contributed by atoms with Crippen LogP contribution in [-0.4, -0.2) is 42.7 Å². The summed E-state index contributed by atoms with van der Waals surface area (Å²) in [5, 5.41) is 11.3. The van der Waals surface area contributed by atoms with E-state index in [9.17, 15) is 18.3 Å². The van der Waals surface area contributed by atoms with Gasteiger partial charge in [0.2, 0.25) is 0 Å². The molecule has 7 nitrogen and oxygen atoms in total. The molecule has 17 heavy (non-hydrogen) atoms. The average Bonchev–Trinajstić information content (AvgIpc) is 2.12. The van der Waals surface area contributed by atoms with Gasteiger partial charge in [0.05, 0.1) is 6.61 Å². The van der Waals surface area contributed by atoms with Crippen LogP contribution in [0.5, 0.6) is 0 Å². The number of rotatable bonds is 5. The molecular formula is C8H14NNaO6S. The molecule has 0 radical (unpaired) electrons. The first-order chi connectivity index (χ1) is 7.13. The van der Waals surface area contributed by atoms with Crippen molar-refractivity contribution in [3.8, 4) is 0 Å². The Kier molecular flexibility index (Phi) is 8.27. The summed E-state index contributed by atoms with van der Waals surface area (Å²) in [4.78, 5) is 14.1. The van der Waals surface area contributed by atoms with Gasteiger partial charge in [0.15, 0.2) is 0 Å². The fourth-order valence-corrected chi connectivity index (χ4v) is 0.929. The van der Waals surface area contributed by atoms with Crippen LogP contribution in [0.2, 0.25) is 0 Å². The van der Waals surface area contributed by atoms with E-state index in [1.807, 2.05) is 0 Å². The molecule has 0 aliphatic carbocycles. The van der Waals surface area contributed by atoms with Crippen LogP contribution in [-0.2, 0) is 19.6 Å². The van der Waals surface area contributed by atoms with E-state index in [2.05, 4.69) is 9.73 Å². The summed E-state index contributed by atoms with van der Waals surface area (Å²) < 4.78 is 32.8. The number of aliphatic imine (C=N–C) groups is 1. The van der Waals surface area contributed by atoms with Gasteiger partial charge in [0.25, 0.3) is 10.1 Å². The molecule has 0 heterocycles. The van der Waals surface area contributed by atoms with Gasteiger partial charge in [-0.25, -0.2) is 0 Å². The van der Waals surface area contributed by atoms with Crippen molar-refractivity contribution < 1.29 is 57.2 Å². The van der Waals surface area contributed by atoms with Crippen molar-refractivity contribution in [3.05, 3.63) is 0 Å². The summed E-state index contributed by atoms with van der Waals surface area (Å²) in [7, 11) is -4.56. The predicted molar refractivity (Wildman–Crippen MR) is 54.6 cm³/mol. The summed E-state index contributed by atoms with van der Waals surface area (Å²) in [5.41, 5.74) is 0. The first-order valence-corrected chi connectivity index (χ1v) is 5.91. The topological polar surface area (TPSA) is 116 Å². The van der Waals surface area contributed by atoms with E-state index >= 15 is 0 Å². The predicted octanol–water partition coefficient (Wildman–Crippen LogP) is -4.02. The van der Waals surface area contributed by atoms with Crippen LogP contribution in [0.3, 0.4) is 0 Å². The van der Waals surface area contributed by atoms with E-state index in [0.29, 0.717) is 0 Å². The molecule has 0 saturated carbocycles. The Hall–Kier alpha value is -0.150. The quantitative estimate of drug-likeness (QED) is 0.180. The number of ether oxygens (including phenoxy) is 1. The first-order valence-electron chi connectivity index (χ1n) is 4.47. The molecule has 0 aliphatic heterocycles. The Morgan fingerprint density at radius 2 is 1.94 bits per heavy atom. The molecule has 9 heteroatoms. The van der Waals surface area contributed by atoms with Crippen LogP contribution in [0.4, 0.5) is 0 Å². The maximum atomic E-state index is 11.3. The Balaban J connectivity index is 0. The Morgan fingerprint density at radius 1 is 1.47 bits per heavy atom. The fraction of sp³-hybridized carbons (Fsp3) is 0.750. The van der Waals surface area contributed by atoms with Crippen LogP contribution in [0.15, 0.2) is 4.99 Å². The minimum atomic E-state index is -4.56. The van der Waals surface area contributed by atoms with E-state index < -0.39 is 33.3 Å². The maximum absolute atomic E-state index is 11.3. The van der Waals surface area contributed by atoms with Gasteiger partial charge in [-0.2, -0.15) is 8.42 Å². The summed E-state index contributed by atoms with van der Waals surface area (Å²) in [5.74, 6) is -1.83. The van der Waals surface area contributed by atoms with Crippen LogP contribution in [0, 0.1) is 0 Å². The summed E-state index contributed by atoms with van der Waals surface area (Å²) in [6.45, 7) is 3.16. The monoisotopic (exact) mass is 275 g/mol. The third-order valence-corrected chi connectivity index (χ3v) is 3.28. The van der Waals surface area contributed by atoms with Crippen LogP contribution in [0.1, 0.15) is 20.8 Å². The standard InChI is InChI=1S/C8H15NO6S.Na/c1-4-15-6(10)5-9-7(11)8(2,3)16(12,13)14;/h4-5H2,1-3H3,(H,9,11)(H,12,13,14);/q;+1/p-1. The average molecular weight is 275 g/mol. The number of carbonyl (C=O) groups is 1. The summed E-state index contributed by atoms with van der Waals surface area (Å²) in [6, 6.07) is 0. The van der Waals surface area contributed by atoms with Crippen molar-refractivity contribution in [2.45, 2.75) is 25.5 Å². The molecule has 0 rings (SSSR count). The van der Waals surface area contributed by atoms with E-state index in [1.54, 1.807) is 6.92 Å². The molecular weight excluding hydrogens is 261 g/mol. The van der Waals surface area contributed by atoms with Gasteiger partial charge >= 0.3 is 35.5 Å². The Morgan fingerprint density at radius 3 is 2.29 bits per heavy atom. The maximum Gasteiger partial charge on any atom is 1.00 e. The van der Waals surface area contributed by atoms with E-state index in [4.69, 9.17) is 4.55 Å². The number of carbonyl (C=O) groups excluding carboxylic acids is 1. The SMILES string of the molecule is CCOC(=O)CN=C([O-])C(C)(C)S(=O)(=O)O.[Na+]. The third kappa shape index (κ3) is 5.82. The van der Waals surface area contributed by atoms with E-state index in [1.165, 1.54) is 0 Å². The van der Waals surface area contributed by atoms with Crippen LogP contribution < -0.4 is 34.7 Å². The molecule has 94 valence electrons. The molecule has 0 amide bonds. The van der Waals surface area contributed by atoms with E-state index in [-0.39, 0.29) is 36.2 Å². The number of nitrogens with zero attached hydrogens (tertiary/aromatic N) is 1. The second-order valence-electron chi connectivity index (χ2n) is 3.41. The van der Waals surface area contributed by atoms with Crippen molar-refractivity contribution >= 4 is 22.0 Å². The van der Waals surface area contributed by atoms with Crippen LogP contribution >= 0.6 is 0 Å². The largest absolute Gasteiger partial charge is 1.00 e. The Bertz CT molecular complexity index is 389. The molecule has 0 spiro atoms. The van der Waals surface area contributed by atoms with Gasteiger partial charge in [-0.1, -0.05) is 0 Å². The number of hydrogen-bond donors (Lipinski definition) is 1. The minimum Gasteiger partial charge on any atom is -0.861 e. The van der Waals surface area contributed by atoms with Gasteiger partial charge in [0, 0.05) is 0 Å². The van der Waals surface area contributed by atoms with Crippen molar-refractivity contribution in [1.82, 2.24) is 0 Å². The molecule has 0 atom stereocenters. The van der Waals surface area contributed by atoms with Gasteiger partial charge in [-0.3, -0.25) is 14.3 Å². The summed E-state index contributed by atoms with van der Waals surface area (Å²) in [6.07, 6.45) is 0. The second-order valence-corrected chi connectivity index (χ2v) is 5.38. The molecule has 0 unspecified atom stereocenters. The van der Waals surface area contributed by atoms with E-state index in [0.717, 1.165) is 13.8 Å². The summed E-state index contributed by atoms with van der Waals surface area (Å²) >= 11 is 0. The van der Waals surface area contributed by atoms with Crippen molar-refractivity contribution in [1.29, 1.82) is 0 Å². The zero-order chi connectivity index (χ0) is 13.0. The third-order valence-electron chi connectivity index (χ3n) is 1.82. The van der Waals surface area contributed by atoms with Crippen molar-refractivity contribution in [2.24, 2.45) is 4.99 Å². The number of hydrogen-bond acceptors (Lipinski definition) is 6. The zero-order valence-corrected chi connectivity index (χ0v) is 13.1. The molecule has 1 N–H and O–H groups in total. The van der Waals surface area contributed by atoms with Gasteiger partial charge in [-0.15, -0.1) is 0 Å². The molecule has 0 bridgehead atoms. The normalized spacial score (nSPS) is 12.8.